The minimum absolute atomic E-state index is 0.0530. The van der Waals surface area contributed by atoms with Gasteiger partial charge in [-0.3, -0.25) is 9.69 Å². The number of benzene rings is 2. The topological polar surface area (TPSA) is 102 Å². The summed E-state index contributed by atoms with van der Waals surface area (Å²) in [7, 11) is 0. The lowest BCUT2D eigenvalue weighted by Gasteiger charge is -2.42. The maximum atomic E-state index is 13.4. The van der Waals surface area contributed by atoms with Crippen molar-refractivity contribution in [3.8, 4) is 0 Å². The van der Waals surface area contributed by atoms with E-state index in [1.165, 1.54) is 17.0 Å². The van der Waals surface area contributed by atoms with E-state index in [-0.39, 0.29) is 24.1 Å². The van der Waals surface area contributed by atoms with E-state index in [2.05, 4.69) is 16.0 Å². The highest BCUT2D eigenvalue weighted by Gasteiger charge is 2.35. The third-order valence-corrected chi connectivity index (χ3v) is 6.79. The number of carbonyl (C=O) groups excluding carboxylic acids is 2. The van der Waals surface area contributed by atoms with Crippen LogP contribution in [0.1, 0.15) is 25.2 Å². The normalized spacial score (nSPS) is 20.5. The lowest BCUT2D eigenvalue weighted by molar-refractivity contribution is -0.137. The quantitative estimate of drug-likeness (QED) is 0.468. The Balaban J connectivity index is 1.37. The molecule has 1 unspecified atom stereocenters. The van der Waals surface area contributed by atoms with Crippen molar-refractivity contribution in [2.45, 2.75) is 38.8 Å². The molecule has 0 saturated carbocycles. The molecule has 2 aliphatic heterocycles. The van der Waals surface area contributed by atoms with Crippen molar-refractivity contribution in [3.05, 3.63) is 59.9 Å². The molecule has 5 rings (SSSR count). The monoisotopic (exact) mass is 527 g/mol. The summed E-state index contributed by atoms with van der Waals surface area (Å²) in [5.41, 5.74) is 0.233. The highest BCUT2D eigenvalue weighted by molar-refractivity contribution is 5.93. The van der Waals surface area contributed by atoms with Crippen molar-refractivity contribution < 1.29 is 22.8 Å². The molecule has 2 bridgehead atoms. The fraction of sp³-hybridized carbons (Fsp3) is 0.385. The van der Waals surface area contributed by atoms with E-state index in [1.54, 1.807) is 0 Å². The van der Waals surface area contributed by atoms with Crippen LogP contribution < -0.4 is 16.0 Å². The Morgan fingerprint density at radius 1 is 1.05 bits per heavy atom. The molecule has 3 amide bonds. The summed E-state index contributed by atoms with van der Waals surface area (Å²) in [5.74, 6) is 0.929. The van der Waals surface area contributed by atoms with Gasteiger partial charge < -0.3 is 20.9 Å². The standard InChI is InChI=1S/C26H28F3N7O2/c1-15(2)22-24(37)33-21-14-36(25(38)30-17-9-7-16(8-10-17)26(27,28)29)12-11-35(21)13-20-31-19-6-4-3-5-18(19)23(32-20)34-22/h3-10,15,21-22H,11-14H2,1-2H3,(H,30,38)(H,33,37)(H,31,32,34)/t21?,22-/m0/s1. The molecule has 3 aromatic rings. The number of piperazine rings is 1. The highest BCUT2D eigenvalue weighted by Crippen LogP contribution is 2.30. The molecule has 0 spiro atoms. The molecule has 2 aromatic carbocycles. The zero-order chi connectivity index (χ0) is 27.0. The van der Waals surface area contributed by atoms with Crippen LogP contribution in [0.15, 0.2) is 48.5 Å². The highest BCUT2D eigenvalue weighted by atomic mass is 19.4. The first-order valence-corrected chi connectivity index (χ1v) is 12.4. The molecule has 12 heteroatoms. The van der Waals surface area contributed by atoms with E-state index in [9.17, 15) is 22.8 Å². The number of rotatable bonds is 2. The molecule has 0 aliphatic carbocycles. The molecule has 9 nitrogen and oxygen atoms in total. The second-order valence-corrected chi connectivity index (χ2v) is 9.82. The predicted octanol–water partition coefficient (Wildman–Crippen LogP) is 3.89. The fourth-order valence-electron chi connectivity index (χ4n) is 4.70. The SMILES string of the molecule is CC(C)[C@@H]1Nc2nc(nc3ccccc23)CN2CCN(C(=O)Nc3ccc(C(F)(F)F)cc3)CC2NC1=O. The number of hydrogen-bond acceptors (Lipinski definition) is 6. The third-order valence-electron chi connectivity index (χ3n) is 6.79. The Labute approximate surface area is 217 Å². The Morgan fingerprint density at radius 2 is 1.79 bits per heavy atom. The maximum Gasteiger partial charge on any atom is 0.416 e. The molecule has 2 atom stereocenters. The van der Waals surface area contributed by atoms with Gasteiger partial charge in [0.15, 0.2) is 0 Å². The van der Waals surface area contributed by atoms with E-state index in [0.717, 1.165) is 23.0 Å². The molecular weight excluding hydrogens is 499 g/mol. The van der Waals surface area contributed by atoms with Crippen LogP contribution in [-0.4, -0.2) is 63.5 Å². The maximum absolute atomic E-state index is 13.4. The first kappa shape index (κ1) is 25.7. The van der Waals surface area contributed by atoms with Crippen LogP contribution in [0.5, 0.6) is 0 Å². The molecule has 200 valence electrons. The Hall–Kier alpha value is -3.93. The van der Waals surface area contributed by atoms with E-state index in [1.807, 2.05) is 43.0 Å². The van der Waals surface area contributed by atoms with Gasteiger partial charge in [0.25, 0.3) is 0 Å². The number of fused-ring (bicyclic) bond motifs is 5. The van der Waals surface area contributed by atoms with Gasteiger partial charge in [0, 0.05) is 24.2 Å². The lowest BCUT2D eigenvalue weighted by Crippen LogP contribution is -2.63. The molecule has 2 aliphatic rings. The largest absolute Gasteiger partial charge is 0.416 e. The molecule has 0 radical (unpaired) electrons. The number of hydrogen-bond donors (Lipinski definition) is 3. The average Bonchev–Trinajstić information content (AvgIpc) is 2.87. The van der Waals surface area contributed by atoms with Crippen molar-refractivity contribution in [1.29, 1.82) is 0 Å². The Kier molecular flexibility index (Phi) is 6.82. The number of urea groups is 1. The zero-order valence-electron chi connectivity index (χ0n) is 20.9. The summed E-state index contributed by atoms with van der Waals surface area (Å²) in [6.07, 6.45) is -4.96. The van der Waals surface area contributed by atoms with Crippen LogP contribution in [-0.2, 0) is 17.5 Å². The molecule has 3 N–H and O–H groups in total. The van der Waals surface area contributed by atoms with Crippen molar-refractivity contribution in [3.63, 3.8) is 0 Å². The summed E-state index contributed by atoms with van der Waals surface area (Å²) in [6.45, 7) is 5.22. The molecule has 38 heavy (non-hydrogen) atoms. The third kappa shape index (κ3) is 5.35. The second-order valence-electron chi connectivity index (χ2n) is 9.82. The van der Waals surface area contributed by atoms with Gasteiger partial charge >= 0.3 is 12.2 Å². The van der Waals surface area contributed by atoms with Gasteiger partial charge in [0.2, 0.25) is 5.91 Å². The minimum Gasteiger partial charge on any atom is -0.358 e. The van der Waals surface area contributed by atoms with Crippen molar-refractivity contribution >= 4 is 34.3 Å². The van der Waals surface area contributed by atoms with Crippen LogP contribution in [0.2, 0.25) is 0 Å². The van der Waals surface area contributed by atoms with Crippen LogP contribution >= 0.6 is 0 Å². The van der Waals surface area contributed by atoms with E-state index in [0.29, 0.717) is 31.3 Å². The van der Waals surface area contributed by atoms with Gasteiger partial charge in [-0.25, -0.2) is 14.8 Å². The van der Waals surface area contributed by atoms with Crippen LogP contribution in [0, 0.1) is 5.92 Å². The van der Waals surface area contributed by atoms with Crippen molar-refractivity contribution in [2.75, 3.05) is 30.3 Å². The van der Waals surface area contributed by atoms with Crippen molar-refractivity contribution in [2.24, 2.45) is 5.92 Å². The Morgan fingerprint density at radius 3 is 2.50 bits per heavy atom. The molecular formula is C26H28F3N7O2. The van der Waals surface area contributed by atoms with Gasteiger partial charge in [-0.05, 0) is 42.3 Å². The van der Waals surface area contributed by atoms with Crippen LogP contribution in [0.25, 0.3) is 10.9 Å². The average molecular weight is 528 g/mol. The molecule has 1 aromatic heterocycles. The minimum atomic E-state index is -4.45. The van der Waals surface area contributed by atoms with E-state index < -0.39 is 30.0 Å². The van der Waals surface area contributed by atoms with Gasteiger partial charge in [-0.15, -0.1) is 0 Å². The summed E-state index contributed by atoms with van der Waals surface area (Å²) < 4.78 is 38.6. The zero-order valence-corrected chi connectivity index (χ0v) is 20.9. The first-order chi connectivity index (χ1) is 18.1. The number of halogens is 3. The number of carbonyl (C=O) groups is 2. The van der Waals surface area contributed by atoms with E-state index in [4.69, 9.17) is 9.97 Å². The van der Waals surface area contributed by atoms with Gasteiger partial charge in [-0.1, -0.05) is 26.0 Å². The molecule has 3 heterocycles. The van der Waals surface area contributed by atoms with Crippen LogP contribution in [0.4, 0.5) is 29.5 Å². The fourth-order valence-corrected chi connectivity index (χ4v) is 4.70. The summed E-state index contributed by atoms with van der Waals surface area (Å²) in [6, 6.07) is 10.9. The first-order valence-electron chi connectivity index (χ1n) is 12.4. The van der Waals surface area contributed by atoms with Crippen LogP contribution in [0.3, 0.4) is 0 Å². The predicted molar refractivity (Wildman–Crippen MR) is 136 cm³/mol. The number of alkyl halides is 3. The Bertz CT molecular complexity index is 1350. The second kappa shape index (κ2) is 10.1. The number of anilines is 2. The smallest absolute Gasteiger partial charge is 0.358 e. The van der Waals surface area contributed by atoms with E-state index >= 15 is 0 Å². The van der Waals surface area contributed by atoms with Crippen molar-refractivity contribution in [1.82, 2.24) is 25.1 Å². The number of nitrogens with one attached hydrogen (secondary N) is 3. The van der Waals surface area contributed by atoms with Gasteiger partial charge in [0.1, 0.15) is 23.8 Å². The summed E-state index contributed by atoms with van der Waals surface area (Å²) in [4.78, 5) is 39.4. The number of para-hydroxylation sites is 1. The van der Waals surface area contributed by atoms with Gasteiger partial charge in [0.05, 0.1) is 24.2 Å². The number of amides is 3. The van der Waals surface area contributed by atoms with Gasteiger partial charge in [-0.2, -0.15) is 13.2 Å². The lowest BCUT2D eigenvalue weighted by atomic mass is 10.0. The number of aromatic nitrogens is 2. The molecule has 1 saturated heterocycles. The number of nitrogens with zero attached hydrogens (tertiary/aromatic N) is 4. The molecule has 1 fully saturated rings. The summed E-state index contributed by atoms with van der Waals surface area (Å²) >= 11 is 0. The summed E-state index contributed by atoms with van der Waals surface area (Å²) in [5, 5.41) is 9.86.